The quantitative estimate of drug-likeness (QED) is 0.864. The summed E-state index contributed by atoms with van der Waals surface area (Å²) in [7, 11) is -1.83. The zero-order chi connectivity index (χ0) is 16.6. The molecule has 5 nitrogen and oxygen atoms in total. The molecular weight excluding hydrogens is 317 g/mol. The van der Waals surface area contributed by atoms with Crippen molar-refractivity contribution in [2.45, 2.75) is 30.6 Å². The van der Waals surface area contributed by atoms with Gasteiger partial charge in [-0.15, -0.1) is 0 Å². The minimum absolute atomic E-state index is 0.0160. The van der Waals surface area contributed by atoms with Gasteiger partial charge in [0.15, 0.2) is 0 Å². The van der Waals surface area contributed by atoms with Crippen LogP contribution in [0.3, 0.4) is 0 Å². The highest BCUT2D eigenvalue weighted by atomic mass is 32.2. The average molecular weight is 337 g/mol. The van der Waals surface area contributed by atoms with Gasteiger partial charge in [0.2, 0.25) is 10.0 Å². The Balaban J connectivity index is 1.86. The van der Waals surface area contributed by atoms with E-state index in [0.717, 1.165) is 24.6 Å². The van der Waals surface area contributed by atoms with Crippen LogP contribution in [-0.2, 0) is 17.1 Å². The van der Waals surface area contributed by atoms with Crippen LogP contribution in [0, 0.1) is 12.7 Å². The van der Waals surface area contributed by atoms with E-state index in [4.69, 9.17) is 0 Å². The van der Waals surface area contributed by atoms with Crippen LogP contribution in [0.15, 0.2) is 35.4 Å². The van der Waals surface area contributed by atoms with Crippen molar-refractivity contribution >= 4 is 10.0 Å². The lowest BCUT2D eigenvalue weighted by molar-refractivity contribution is 0.311. The molecule has 0 aliphatic carbocycles. The first kappa shape index (κ1) is 16.1. The van der Waals surface area contributed by atoms with Crippen molar-refractivity contribution in [1.29, 1.82) is 0 Å². The molecule has 0 saturated carbocycles. The molecule has 1 atom stereocenters. The lowest BCUT2D eigenvalue weighted by atomic mass is 9.96. The van der Waals surface area contributed by atoms with Gasteiger partial charge >= 0.3 is 0 Å². The minimum Gasteiger partial charge on any atom is -0.276 e. The highest BCUT2D eigenvalue weighted by Crippen LogP contribution is 2.29. The summed E-state index contributed by atoms with van der Waals surface area (Å²) in [6.07, 6.45) is 3.54. The fourth-order valence-corrected chi connectivity index (χ4v) is 4.47. The lowest BCUT2D eigenvalue weighted by Crippen LogP contribution is -2.39. The van der Waals surface area contributed by atoms with Crippen molar-refractivity contribution in [2.75, 3.05) is 13.1 Å². The molecule has 1 saturated heterocycles. The Bertz CT molecular complexity index is 816. The van der Waals surface area contributed by atoms with Crippen LogP contribution >= 0.6 is 0 Å². The van der Waals surface area contributed by atoms with Crippen LogP contribution in [0.4, 0.5) is 4.39 Å². The van der Waals surface area contributed by atoms with E-state index in [1.54, 1.807) is 11.6 Å². The fraction of sp³-hybridized carbons (Fsp3) is 0.438. The Morgan fingerprint density at radius 3 is 2.74 bits per heavy atom. The zero-order valence-corrected chi connectivity index (χ0v) is 14.1. The summed E-state index contributed by atoms with van der Waals surface area (Å²) >= 11 is 0. The Morgan fingerprint density at radius 1 is 1.30 bits per heavy atom. The highest BCUT2D eigenvalue weighted by molar-refractivity contribution is 7.89. The molecule has 0 bridgehead atoms. The summed E-state index contributed by atoms with van der Waals surface area (Å²) in [4.78, 5) is 0.0160. The molecule has 23 heavy (non-hydrogen) atoms. The molecule has 3 rings (SSSR count). The van der Waals surface area contributed by atoms with Gasteiger partial charge in [-0.05, 0) is 43.5 Å². The summed E-state index contributed by atoms with van der Waals surface area (Å²) in [6, 6.07) is 6.00. The Kier molecular flexibility index (Phi) is 4.25. The Labute approximate surface area is 135 Å². The molecule has 0 amide bonds. The monoisotopic (exact) mass is 337 g/mol. The smallest absolute Gasteiger partial charge is 0.243 e. The predicted molar refractivity (Wildman–Crippen MR) is 85.1 cm³/mol. The molecule has 0 spiro atoms. The third-order valence-electron chi connectivity index (χ3n) is 4.32. The summed E-state index contributed by atoms with van der Waals surface area (Å²) in [6.45, 7) is 2.46. The third-order valence-corrected chi connectivity index (χ3v) is 6.18. The average Bonchev–Trinajstić information content (AvgIpc) is 2.96. The minimum atomic E-state index is -3.68. The van der Waals surface area contributed by atoms with Gasteiger partial charge in [-0.3, -0.25) is 4.68 Å². The van der Waals surface area contributed by atoms with Crippen molar-refractivity contribution in [3.8, 4) is 0 Å². The summed E-state index contributed by atoms with van der Waals surface area (Å²) in [5.41, 5.74) is 1.34. The number of benzene rings is 1. The molecule has 124 valence electrons. The number of nitrogens with zero attached hydrogens (tertiary/aromatic N) is 3. The third kappa shape index (κ3) is 3.16. The molecule has 2 heterocycles. The van der Waals surface area contributed by atoms with E-state index < -0.39 is 15.8 Å². The molecule has 1 aliphatic heterocycles. The standard InChI is InChI=1S/C16H20FN3O2S/c1-12-5-6-14(10-15(12)17)23(21,22)20-8-3-4-13(11-20)16-7-9-19(2)18-16/h5-7,9-10,13H,3-4,8,11H2,1-2H3/t13-/m0/s1. The fourth-order valence-electron chi connectivity index (χ4n) is 2.94. The molecule has 2 aromatic rings. The predicted octanol–water partition coefficient (Wildman–Crippen LogP) is 2.44. The van der Waals surface area contributed by atoms with Crippen LogP contribution in [0.25, 0.3) is 0 Å². The second-order valence-electron chi connectivity index (χ2n) is 6.03. The molecule has 1 aliphatic rings. The van der Waals surface area contributed by atoms with Crippen molar-refractivity contribution in [3.05, 3.63) is 47.5 Å². The maximum atomic E-state index is 13.7. The topological polar surface area (TPSA) is 55.2 Å². The molecule has 0 unspecified atom stereocenters. The van der Waals surface area contributed by atoms with Gasteiger partial charge in [0, 0.05) is 32.3 Å². The zero-order valence-electron chi connectivity index (χ0n) is 13.2. The van der Waals surface area contributed by atoms with E-state index in [1.165, 1.54) is 16.4 Å². The second-order valence-corrected chi connectivity index (χ2v) is 7.97. The summed E-state index contributed by atoms with van der Waals surface area (Å²) in [5, 5.41) is 4.38. The molecule has 7 heteroatoms. The van der Waals surface area contributed by atoms with Gasteiger partial charge in [-0.2, -0.15) is 9.40 Å². The number of hydrogen-bond acceptors (Lipinski definition) is 3. The highest BCUT2D eigenvalue weighted by Gasteiger charge is 2.32. The van der Waals surface area contributed by atoms with E-state index in [-0.39, 0.29) is 10.8 Å². The first-order valence-corrected chi connectivity index (χ1v) is 9.08. The molecule has 1 aromatic heterocycles. The Hall–Kier alpha value is -1.73. The maximum Gasteiger partial charge on any atom is 0.243 e. The molecule has 1 aromatic carbocycles. The van der Waals surface area contributed by atoms with Gasteiger partial charge in [-0.25, -0.2) is 12.8 Å². The first-order valence-electron chi connectivity index (χ1n) is 7.64. The van der Waals surface area contributed by atoms with E-state index in [2.05, 4.69) is 5.10 Å². The summed E-state index contributed by atoms with van der Waals surface area (Å²) < 4.78 is 42.4. The van der Waals surface area contributed by atoms with E-state index >= 15 is 0 Å². The van der Waals surface area contributed by atoms with Crippen LogP contribution in [0.2, 0.25) is 0 Å². The van der Waals surface area contributed by atoms with Gasteiger partial charge < -0.3 is 0 Å². The largest absolute Gasteiger partial charge is 0.276 e. The van der Waals surface area contributed by atoms with Crippen molar-refractivity contribution in [3.63, 3.8) is 0 Å². The number of hydrogen-bond donors (Lipinski definition) is 0. The van der Waals surface area contributed by atoms with E-state index in [1.807, 2.05) is 19.3 Å². The molecule has 0 radical (unpaired) electrons. The normalized spacial score (nSPS) is 19.9. The molecule has 1 fully saturated rings. The van der Waals surface area contributed by atoms with E-state index in [0.29, 0.717) is 18.7 Å². The van der Waals surface area contributed by atoms with Crippen LogP contribution in [0.5, 0.6) is 0 Å². The number of rotatable bonds is 3. The maximum absolute atomic E-state index is 13.7. The SMILES string of the molecule is Cc1ccc(S(=O)(=O)N2CCC[C@H](c3ccn(C)n3)C2)cc1F. The van der Waals surface area contributed by atoms with Gasteiger partial charge in [0.25, 0.3) is 0 Å². The number of piperidine rings is 1. The van der Waals surface area contributed by atoms with E-state index in [9.17, 15) is 12.8 Å². The lowest BCUT2D eigenvalue weighted by Gasteiger charge is -2.31. The van der Waals surface area contributed by atoms with Crippen LogP contribution in [-0.4, -0.2) is 35.6 Å². The number of sulfonamides is 1. The first-order chi connectivity index (χ1) is 10.9. The number of aryl methyl sites for hydroxylation is 2. The summed E-state index contributed by atoms with van der Waals surface area (Å²) in [5.74, 6) is -0.417. The number of aromatic nitrogens is 2. The molecule has 0 N–H and O–H groups in total. The Morgan fingerprint density at radius 2 is 2.09 bits per heavy atom. The van der Waals surface area contributed by atoms with Crippen molar-refractivity contribution in [2.24, 2.45) is 7.05 Å². The van der Waals surface area contributed by atoms with Crippen LogP contribution in [0.1, 0.15) is 30.0 Å². The van der Waals surface area contributed by atoms with Crippen molar-refractivity contribution in [1.82, 2.24) is 14.1 Å². The van der Waals surface area contributed by atoms with Gasteiger partial charge in [0.1, 0.15) is 5.82 Å². The number of halogens is 1. The van der Waals surface area contributed by atoms with Crippen molar-refractivity contribution < 1.29 is 12.8 Å². The van der Waals surface area contributed by atoms with Crippen LogP contribution < -0.4 is 0 Å². The van der Waals surface area contributed by atoms with Gasteiger partial charge in [0.05, 0.1) is 10.6 Å². The second kappa shape index (κ2) is 6.05. The van der Waals surface area contributed by atoms with Gasteiger partial charge in [-0.1, -0.05) is 6.07 Å². The molecular formula is C16H20FN3O2S.